The van der Waals surface area contributed by atoms with E-state index in [0.29, 0.717) is 12.5 Å². The van der Waals surface area contributed by atoms with E-state index in [1.807, 2.05) is 0 Å². The number of hydrogen-bond acceptors (Lipinski definition) is 3. The molecule has 2 rings (SSSR count). The number of nitrogens with zero attached hydrogens (tertiary/aromatic N) is 1. The summed E-state index contributed by atoms with van der Waals surface area (Å²) in [6.07, 6.45) is 2.13. The molecule has 0 saturated carbocycles. The Morgan fingerprint density at radius 3 is 2.71 bits per heavy atom. The number of aryl methyl sites for hydroxylation is 1. The van der Waals surface area contributed by atoms with Crippen LogP contribution in [0.3, 0.4) is 0 Å². The summed E-state index contributed by atoms with van der Waals surface area (Å²) in [5.74, 6) is 0.650. The molecule has 1 atom stereocenters. The van der Waals surface area contributed by atoms with Gasteiger partial charge in [0.15, 0.2) is 0 Å². The Bertz CT molecular complexity index is 465. The molecule has 0 radical (unpaired) electrons. The van der Waals surface area contributed by atoms with Gasteiger partial charge in [-0.1, -0.05) is 6.07 Å². The minimum Gasteiger partial charge on any atom is -0.396 e. The molecule has 1 aromatic rings. The lowest BCUT2D eigenvalue weighted by Gasteiger charge is -2.23. The number of aliphatic hydroxyl groups is 1. The molecule has 1 heterocycles. The second kappa shape index (κ2) is 6.80. The lowest BCUT2D eigenvalue weighted by Crippen LogP contribution is -2.35. The number of rotatable bonds is 5. The van der Waals surface area contributed by atoms with E-state index in [4.69, 9.17) is 5.11 Å². The molecule has 3 nitrogen and oxygen atoms in total. The van der Waals surface area contributed by atoms with Gasteiger partial charge in [-0.3, -0.25) is 0 Å². The molecule has 2 N–H and O–H groups in total. The maximum Gasteiger partial charge on any atom is 0.0434 e. The van der Waals surface area contributed by atoms with E-state index >= 15 is 0 Å². The number of hydrogen-bond donors (Lipinski definition) is 2. The van der Waals surface area contributed by atoms with Crippen LogP contribution in [0.2, 0.25) is 0 Å². The van der Waals surface area contributed by atoms with Gasteiger partial charge in [-0.15, -0.1) is 0 Å². The minimum absolute atomic E-state index is 0.150. The Morgan fingerprint density at radius 2 is 2.10 bits per heavy atom. The lowest BCUT2D eigenvalue weighted by atomic mass is 10.0. The van der Waals surface area contributed by atoms with E-state index < -0.39 is 0 Å². The molecule has 21 heavy (non-hydrogen) atoms. The van der Waals surface area contributed by atoms with Gasteiger partial charge in [0.1, 0.15) is 0 Å². The first kappa shape index (κ1) is 16.3. The third-order valence-corrected chi connectivity index (χ3v) is 4.32. The van der Waals surface area contributed by atoms with Gasteiger partial charge in [0.05, 0.1) is 0 Å². The van der Waals surface area contributed by atoms with Crippen LogP contribution in [0.5, 0.6) is 0 Å². The Labute approximate surface area is 129 Å². The molecule has 118 valence electrons. The number of aliphatic hydroxyl groups excluding tert-OH is 1. The number of benzene rings is 1. The van der Waals surface area contributed by atoms with Crippen molar-refractivity contribution in [1.29, 1.82) is 0 Å². The fourth-order valence-electron chi connectivity index (χ4n) is 2.92. The zero-order valence-electron chi connectivity index (χ0n) is 13.9. The monoisotopic (exact) mass is 290 g/mol. The Morgan fingerprint density at radius 1 is 1.33 bits per heavy atom. The summed E-state index contributed by atoms with van der Waals surface area (Å²) < 4.78 is 0. The van der Waals surface area contributed by atoms with E-state index in [1.54, 1.807) is 0 Å². The van der Waals surface area contributed by atoms with Crippen molar-refractivity contribution in [2.45, 2.75) is 52.6 Å². The van der Waals surface area contributed by atoms with Crippen molar-refractivity contribution >= 4 is 5.69 Å². The van der Waals surface area contributed by atoms with E-state index in [2.05, 4.69) is 56.1 Å². The van der Waals surface area contributed by atoms with Crippen molar-refractivity contribution in [3.63, 3.8) is 0 Å². The lowest BCUT2D eigenvalue weighted by molar-refractivity contribution is 0.263. The van der Waals surface area contributed by atoms with Gasteiger partial charge in [0.25, 0.3) is 0 Å². The maximum absolute atomic E-state index is 9.06. The van der Waals surface area contributed by atoms with Crippen LogP contribution in [-0.4, -0.2) is 30.3 Å². The van der Waals surface area contributed by atoms with Crippen molar-refractivity contribution in [3.8, 4) is 0 Å². The van der Waals surface area contributed by atoms with Gasteiger partial charge < -0.3 is 15.3 Å². The van der Waals surface area contributed by atoms with Crippen molar-refractivity contribution in [2.75, 3.05) is 24.6 Å². The Balaban J connectivity index is 1.99. The van der Waals surface area contributed by atoms with Gasteiger partial charge in [-0.25, -0.2) is 0 Å². The van der Waals surface area contributed by atoms with E-state index in [0.717, 1.165) is 26.1 Å². The number of nitrogens with one attached hydrogen (secondary N) is 1. The summed E-state index contributed by atoms with van der Waals surface area (Å²) in [5.41, 5.74) is 4.21. The minimum atomic E-state index is 0.150. The second-order valence-corrected chi connectivity index (χ2v) is 7.33. The van der Waals surface area contributed by atoms with Crippen molar-refractivity contribution < 1.29 is 5.11 Å². The fourth-order valence-corrected chi connectivity index (χ4v) is 2.92. The van der Waals surface area contributed by atoms with Crippen molar-refractivity contribution in [3.05, 3.63) is 29.3 Å². The summed E-state index contributed by atoms with van der Waals surface area (Å²) in [5, 5.41) is 12.6. The molecule has 0 bridgehead atoms. The molecule has 1 fully saturated rings. The van der Waals surface area contributed by atoms with Crippen LogP contribution < -0.4 is 10.2 Å². The summed E-state index contributed by atoms with van der Waals surface area (Å²) in [7, 11) is 0. The van der Waals surface area contributed by atoms with Crippen LogP contribution in [0, 0.1) is 12.8 Å². The predicted octanol–water partition coefficient (Wildman–Crippen LogP) is 3.09. The molecule has 0 amide bonds. The summed E-state index contributed by atoms with van der Waals surface area (Å²) in [4.78, 5) is 2.45. The Kier molecular flexibility index (Phi) is 5.28. The van der Waals surface area contributed by atoms with Crippen LogP contribution in [-0.2, 0) is 6.54 Å². The zero-order chi connectivity index (χ0) is 15.5. The molecule has 1 aliphatic heterocycles. The summed E-state index contributed by atoms with van der Waals surface area (Å²) in [6.45, 7) is 12.2. The second-order valence-electron chi connectivity index (χ2n) is 7.33. The molecule has 0 aromatic heterocycles. The summed E-state index contributed by atoms with van der Waals surface area (Å²) >= 11 is 0. The highest BCUT2D eigenvalue weighted by molar-refractivity contribution is 5.51. The normalized spacial score (nSPS) is 19.3. The smallest absolute Gasteiger partial charge is 0.0434 e. The molecule has 1 saturated heterocycles. The van der Waals surface area contributed by atoms with Gasteiger partial charge in [-0.05, 0) is 69.7 Å². The van der Waals surface area contributed by atoms with Crippen molar-refractivity contribution in [2.24, 2.45) is 5.92 Å². The first-order valence-electron chi connectivity index (χ1n) is 8.09. The SMILES string of the molecule is Cc1cc(N2CCC(CCO)C2)ccc1CNC(C)(C)C. The average molecular weight is 290 g/mol. The molecule has 1 aromatic carbocycles. The molecule has 1 aliphatic rings. The van der Waals surface area contributed by atoms with Gasteiger partial charge >= 0.3 is 0 Å². The quantitative estimate of drug-likeness (QED) is 0.875. The summed E-state index contributed by atoms with van der Waals surface area (Å²) in [6, 6.07) is 6.80. The zero-order valence-corrected chi connectivity index (χ0v) is 13.9. The van der Waals surface area contributed by atoms with Crippen LogP contribution in [0.4, 0.5) is 5.69 Å². The van der Waals surface area contributed by atoms with Gasteiger partial charge in [0, 0.05) is 37.5 Å². The van der Waals surface area contributed by atoms with Crippen molar-refractivity contribution in [1.82, 2.24) is 5.32 Å². The molecular weight excluding hydrogens is 260 g/mol. The molecule has 3 heteroatoms. The third kappa shape index (κ3) is 4.72. The molecular formula is C18H30N2O. The van der Waals surface area contributed by atoms with Crippen LogP contribution in [0.15, 0.2) is 18.2 Å². The standard InChI is InChI=1S/C18H30N2O/c1-14-11-17(20-9-7-15(13-20)8-10-21)6-5-16(14)12-19-18(2,3)4/h5-6,11,15,19,21H,7-10,12-13H2,1-4H3. The van der Waals surface area contributed by atoms with Crippen LogP contribution in [0.1, 0.15) is 44.7 Å². The highest BCUT2D eigenvalue weighted by atomic mass is 16.3. The molecule has 1 unspecified atom stereocenters. The molecule has 0 aliphatic carbocycles. The van der Waals surface area contributed by atoms with Gasteiger partial charge in [0.2, 0.25) is 0 Å². The Hall–Kier alpha value is -1.06. The van der Waals surface area contributed by atoms with Gasteiger partial charge in [-0.2, -0.15) is 0 Å². The average Bonchev–Trinajstić information content (AvgIpc) is 2.85. The first-order chi connectivity index (χ1) is 9.89. The number of anilines is 1. The van der Waals surface area contributed by atoms with Crippen LogP contribution >= 0.6 is 0 Å². The first-order valence-corrected chi connectivity index (χ1v) is 8.09. The topological polar surface area (TPSA) is 35.5 Å². The highest BCUT2D eigenvalue weighted by Crippen LogP contribution is 2.27. The highest BCUT2D eigenvalue weighted by Gasteiger charge is 2.22. The van der Waals surface area contributed by atoms with E-state index in [9.17, 15) is 0 Å². The third-order valence-electron chi connectivity index (χ3n) is 4.32. The maximum atomic E-state index is 9.06. The molecule has 0 spiro atoms. The van der Waals surface area contributed by atoms with E-state index in [-0.39, 0.29) is 5.54 Å². The predicted molar refractivity (Wildman–Crippen MR) is 89.8 cm³/mol. The van der Waals surface area contributed by atoms with E-state index in [1.165, 1.54) is 23.2 Å². The fraction of sp³-hybridized carbons (Fsp3) is 0.667. The van der Waals surface area contributed by atoms with Crippen LogP contribution in [0.25, 0.3) is 0 Å². The largest absolute Gasteiger partial charge is 0.396 e.